The number of imide groups is 1. The number of furan rings is 1. The molecular formula is C25H22N4O4. The van der Waals surface area contributed by atoms with Crippen molar-refractivity contribution in [3.05, 3.63) is 71.6 Å². The number of hydrogen-bond acceptors (Lipinski definition) is 4. The number of carbonyl (C=O) groups excluding carboxylic acids is 3. The Morgan fingerprint density at radius 1 is 1.12 bits per heavy atom. The number of urea groups is 1. The Balaban J connectivity index is 1.23. The summed E-state index contributed by atoms with van der Waals surface area (Å²) in [6.07, 6.45) is 0.701. The molecule has 2 aliphatic heterocycles. The first-order chi connectivity index (χ1) is 15.9. The fourth-order valence-corrected chi connectivity index (χ4v) is 4.85. The van der Waals surface area contributed by atoms with Crippen LogP contribution >= 0.6 is 0 Å². The highest BCUT2D eigenvalue weighted by atomic mass is 16.3. The average Bonchev–Trinajstić information content (AvgIpc) is 3.48. The Hall–Kier alpha value is -4.07. The third kappa shape index (κ3) is 2.94. The number of nitrogens with one attached hydrogen (secondary N) is 2. The summed E-state index contributed by atoms with van der Waals surface area (Å²) in [4.78, 5) is 45.2. The standard InChI is InChI=1S/C25H22N4O4/c1-25(21-12-15-6-2-5-9-20(15)33-21)23(31)29(24(32)27-25)14-22(30)28-11-10-19-17(13-28)16-7-3-4-8-18(16)26-19/h2-9,12,26H,10-11,13-14H2,1H3,(H,27,32). The van der Waals surface area contributed by atoms with Crippen molar-refractivity contribution < 1.29 is 18.8 Å². The molecule has 0 spiro atoms. The number of para-hydroxylation sites is 2. The highest BCUT2D eigenvalue weighted by Crippen LogP contribution is 2.33. The van der Waals surface area contributed by atoms with Crippen LogP contribution in [0.3, 0.4) is 0 Å². The number of hydrogen-bond donors (Lipinski definition) is 2. The monoisotopic (exact) mass is 442 g/mol. The van der Waals surface area contributed by atoms with Crippen LogP contribution in [0.2, 0.25) is 0 Å². The molecule has 166 valence electrons. The number of fused-ring (bicyclic) bond motifs is 4. The van der Waals surface area contributed by atoms with Crippen LogP contribution in [0.25, 0.3) is 21.9 Å². The summed E-state index contributed by atoms with van der Waals surface area (Å²) in [5.74, 6) is -0.411. The van der Waals surface area contributed by atoms with E-state index in [1.54, 1.807) is 24.0 Å². The molecule has 6 rings (SSSR count). The van der Waals surface area contributed by atoms with Gasteiger partial charge in [-0.15, -0.1) is 0 Å². The number of nitrogens with zero attached hydrogens (tertiary/aromatic N) is 2. The molecule has 8 nitrogen and oxygen atoms in total. The zero-order valence-electron chi connectivity index (χ0n) is 18.1. The van der Waals surface area contributed by atoms with Gasteiger partial charge in [0.2, 0.25) is 5.91 Å². The predicted molar refractivity (Wildman–Crippen MR) is 121 cm³/mol. The number of H-pyrrole nitrogens is 1. The van der Waals surface area contributed by atoms with Crippen molar-refractivity contribution in [1.82, 2.24) is 20.1 Å². The van der Waals surface area contributed by atoms with Crippen molar-refractivity contribution >= 4 is 39.7 Å². The molecule has 8 heteroatoms. The van der Waals surface area contributed by atoms with Gasteiger partial charge in [0.1, 0.15) is 17.9 Å². The lowest BCUT2D eigenvalue weighted by Gasteiger charge is -2.28. The Labute approximate surface area is 189 Å². The van der Waals surface area contributed by atoms with Crippen LogP contribution in [0.1, 0.15) is 23.9 Å². The molecule has 0 aliphatic carbocycles. The first-order valence-corrected chi connectivity index (χ1v) is 10.9. The molecule has 4 heterocycles. The molecule has 0 bridgehead atoms. The van der Waals surface area contributed by atoms with Gasteiger partial charge in [0.05, 0.1) is 0 Å². The maximum atomic E-state index is 13.3. The molecule has 2 aliphatic rings. The second-order valence-electron chi connectivity index (χ2n) is 8.79. The van der Waals surface area contributed by atoms with E-state index in [1.807, 2.05) is 42.5 Å². The van der Waals surface area contributed by atoms with E-state index in [9.17, 15) is 14.4 Å². The van der Waals surface area contributed by atoms with Gasteiger partial charge in [-0.1, -0.05) is 36.4 Å². The van der Waals surface area contributed by atoms with Crippen molar-refractivity contribution in [2.45, 2.75) is 25.4 Å². The molecule has 33 heavy (non-hydrogen) atoms. The van der Waals surface area contributed by atoms with E-state index < -0.39 is 17.5 Å². The van der Waals surface area contributed by atoms with Gasteiger partial charge in [-0.3, -0.25) is 14.5 Å². The van der Waals surface area contributed by atoms with Gasteiger partial charge in [0.15, 0.2) is 5.54 Å². The molecule has 4 amide bonds. The third-order valence-corrected chi connectivity index (χ3v) is 6.72. The summed E-state index contributed by atoms with van der Waals surface area (Å²) >= 11 is 0. The zero-order valence-corrected chi connectivity index (χ0v) is 18.1. The summed E-state index contributed by atoms with van der Waals surface area (Å²) in [5.41, 5.74) is 2.55. The van der Waals surface area contributed by atoms with Gasteiger partial charge in [0.25, 0.3) is 5.91 Å². The summed E-state index contributed by atoms with van der Waals surface area (Å²) in [6, 6.07) is 16.6. The van der Waals surface area contributed by atoms with Crippen LogP contribution in [-0.2, 0) is 28.1 Å². The fourth-order valence-electron chi connectivity index (χ4n) is 4.85. The number of rotatable bonds is 3. The molecule has 1 fully saturated rings. The maximum Gasteiger partial charge on any atom is 0.325 e. The van der Waals surface area contributed by atoms with E-state index in [2.05, 4.69) is 10.3 Å². The maximum absolute atomic E-state index is 13.3. The highest BCUT2D eigenvalue weighted by Gasteiger charge is 2.52. The number of aromatic amines is 1. The molecule has 2 aromatic heterocycles. The first kappa shape index (κ1) is 19.6. The van der Waals surface area contributed by atoms with Crippen LogP contribution in [-0.4, -0.2) is 45.7 Å². The van der Waals surface area contributed by atoms with E-state index in [-0.39, 0.29) is 12.5 Å². The van der Waals surface area contributed by atoms with Gasteiger partial charge < -0.3 is 19.6 Å². The lowest BCUT2D eigenvalue weighted by molar-refractivity contribution is -0.139. The Bertz CT molecular complexity index is 1420. The molecule has 2 N–H and O–H groups in total. The molecule has 4 aromatic rings. The molecular weight excluding hydrogens is 420 g/mol. The summed E-state index contributed by atoms with van der Waals surface area (Å²) in [5, 5.41) is 4.66. The quantitative estimate of drug-likeness (QED) is 0.476. The van der Waals surface area contributed by atoms with E-state index in [0.717, 1.165) is 32.4 Å². The molecule has 0 radical (unpaired) electrons. The Morgan fingerprint density at radius 2 is 1.91 bits per heavy atom. The van der Waals surface area contributed by atoms with Gasteiger partial charge in [-0.05, 0) is 25.1 Å². The van der Waals surface area contributed by atoms with Gasteiger partial charge in [-0.2, -0.15) is 0 Å². The van der Waals surface area contributed by atoms with Crippen molar-refractivity contribution in [3.8, 4) is 0 Å². The average molecular weight is 442 g/mol. The van der Waals surface area contributed by atoms with E-state index in [0.29, 0.717) is 30.9 Å². The van der Waals surface area contributed by atoms with Crippen molar-refractivity contribution in [1.29, 1.82) is 0 Å². The number of amides is 4. The van der Waals surface area contributed by atoms with E-state index in [4.69, 9.17) is 4.42 Å². The fraction of sp³-hybridized carbons (Fsp3) is 0.240. The molecule has 1 unspecified atom stereocenters. The number of carbonyl (C=O) groups is 3. The Kier molecular flexibility index (Phi) is 4.14. The summed E-state index contributed by atoms with van der Waals surface area (Å²) in [7, 11) is 0. The smallest absolute Gasteiger partial charge is 0.325 e. The van der Waals surface area contributed by atoms with E-state index in [1.165, 1.54) is 0 Å². The number of aromatic nitrogens is 1. The minimum absolute atomic E-state index is 0.261. The lowest BCUT2D eigenvalue weighted by atomic mass is 9.99. The minimum atomic E-state index is -1.36. The van der Waals surface area contributed by atoms with Gasteiger partial charge >= 0.3 is 6.03 Å². The van der Waals surface area contributed by atoms with Gasteiger partial charge in [-0.25, -0.2) is 4.79 Å². The molecule has 2 aromatic carbocycles. The summed E-state index contributed by atoms with van der Waals surface area (Å²) < 4.78 is 5.85. The highest BCUT2D eigenvalue weighted by molar-refractivity contribution is 6.09. The SMILES string of the molecule is CC1(c2cc3ccccc3o2)NC(=O)N(CC(=O)N2CCc3[nH]c4ccccc4c3C2)C1=O. The normalized spacial score (nSPS) is 20.5. The number of benzene rings is 2. The van der Waals surface area contributed by atoms with E-state index >= 15 is 0 Å². The van der Waals surface area contributed by atoms with Crippen LogP contribution in [0.15, 0.2) is 59.0 Å². The van der Waals surface area contributed by atoms with Crippen LogP contribution in [0.5, 0.6) is 0 Å². The first-order valence-electron chi connectivity index (χ1n) is 10.9. The minimum Gasteiger partial charge on any atom is -0.458 e. The lowest BCUT2D eigenvalue weighted by Crippen LogP contribution is -2.45. The van der Waals surface area contributed by atoms with Crippen molar-refractivity contribution in [3.63, 3.8) is 0 Å². The molecule has 0 saturated carbocycles. The Morgan fingerprint density at radius 3 is 2.76 bits per heavy atom. The van der Waals surface area contributed by atoms with Crippen LogP contribution in [0.4, 0.5) is 4.79 Å². The predicted octanol–water partition coefficient (Wildman–Crippen LogP) is 3.27. The van der Waals surface area contributed by atoms with Crippen LogP contribution in [0, 0.1) is 0 Å². The largest absolute Gasteiger partial charge is 0.458 e. The zero-order chi connectivity index (χ0) is 22.7. The van der Waals surface area contributed by atoms with Gasteiger partial charge in [0, 0.05) is 47.1 Å². The summed E-state index contributed by atoms with van der Waals surface area (Å²) in [6.45, 7) is 2.28. The second kappa shape index (κ2) is 6.96. The second-order valence-corrected chi connectivity index (χ2v) is 8.79. The molecule has 1 atom stereocenters. The van der Waals surface area contributed by atoms with Crippen LogP contribution < -0.4 is 5.32 Å². The van der Waals surface area contributed by atoms with Crippen molar-refractivity contribution in [2.75, 3.05) is 13.1 Å². The molecule has 1 saturated heterocycles. The third-order valence-electron chi connectivity index (χ3n) is 6.72. The van der Waals surface area contributed by atoms with Crippen molar-refractivity contribution in [2.24, 2.45) is 0 Å². The topological polar surface area (TPSA) is 98.7 Å².